The lowest BCUT2D eigenvalue weighted by atomic mass is 9.79. The van der Waals surface area contributed by atoms with Crippen molar-refractivity contribution >= 4 is 23.3 Å². The van der Waals surface area contributed by atoms with Gasteiger partial charge in [0.05, 0.1) is 25.2 Å². The zero-order chi connectivity index (χ0) is 22.9. The number of hydrogen-bond donors (Lipinski definition) is 0. The first-order valence-corrected chi connectivity index (χ1v) is 9.26. The van der Waals surface area contributed by atoms with Crippen molar-refractivity contribution in [2.75, 3.05) is 20.8 Å². The van der Waals surface area contributed by atoms with Crippen molar-refractivity contribution in [1.82, 2.24) is 4.90 Å². The normalized spacial score (nSPS) is 17.3. The summed E-state index contributed by atoms with van der Waals surface area (Å²) in [5.74, 6) is -1.29. The number of benzene rings is 1. The standard InChI is InChI=1S/C20H26N2O8/c1-19(2)9-12(23)10-20(3,4)21(19)17(24)11-30-18(25)13-7-15(28-5)16(29-6)8-14(13)22(26)27/h7-8H,9-11H2,1-6H3. The van der Waals surface area contributed by atoms with Crippen molar-refractivity contribution in [3.05, 3.63) is 27.8 Å². The summed E-state index contributed by atoms with van der Waals surface area (Å²) < 4.78 is 15.2. The highest BCUT2D eigenvalue weighted by atomic mass is 16.6. The molecule has 10 heteroatoms. The summed E-state index contributed by atoms with van der Waals surface area (Å²) in [6.07, 6.45) is 0.383. The Kier molecular flexibility index (Phi) is 6.39. The Morgan fingerprint density at radius 3 is 2.03 bits per heavy atom. The summed E-state index contributed by atoms with van der Waals surface area (Å²) in [6, 6.07) is 2.19. The fourth-order valence-corrected chi connectivity index (χ4v) is 4.13. The van der Waals surface area contributed by atoms with Gasteiger partial charge in [0.25, 0.3) is 11.6 Å². The molecule has 0 aliphatic carbocycles. The predicted octanol–water partition coefficient (Wildman–Crippen LogP) is 2.52. The molecule has 2 rings (SSSR count). The minimum atomic E-state index is -1.04. The van der Waals surface area contributed by atoms with E-state index in [1.54, 1.807) is 27.7 Å². The van der Waals surface area contributed by atoms with Crippen LogP contribution in [0.25, 0.3) is 0 Å². The monoisotopic (exact) mass is 422 g/mol. The minimum absolute atomic E-state index is 0.0481. The Morgan fingerprint density at radius 1 is 1.07 bits per heavy atom. The average molecular weight is 422 g/mol. The molecule has 1 aromatic carbocycles. The summed E-state index contributed by atoms with van der Waals surface area (Å²) in [5.41, 5.74) is -2.40. The van der Waals surface area contributed by atoms with E-state index in [2.05, 4.69) is 0 Å². The molecule has 0 spiro atoms. The number of ketones is 1. The molecule has 0 atom stereocenters. The number of Topliss-reactive ketones (excluding diaryl/α,β-unsaturated/α-hetero) is 1. The van der Waals surface area contributed by atoms with Crippen LogP contribution in [0.5, 0.6) is 11.5 Å². The van der Waals surface area contributed by atoms with E-state index in [0.29, 0.717) is 0 Å². The molecule has 1 aliphatic heterocycles. The highest BCUT2D eigenvalue weighted by molar-refractivity contribution is 5.96. The molecule has 1 saturated heterocycles. The van der Waals surface area contributed by atoms with E-state index in [0.717, 1.165) is 12.1 Å². The van der Waals surface area contributed by atoms with Crippen molar-refractivity contribution in [3.8, 4) is 11.5 Å². The number of nitro groups is 1. The minimum Gasteiger partial charge on any atom is -0.493 e. The second-order valence-corrected chi connectivity index (χ2v) is 8.30. The topological polar surface area (TPSA) is 125 Å². The van der Waals surface area contributed by atoms with Gasteiger partial charge >= 0.3 is 5.97 Å². The van der Waals surface area contributed by atoms with E-state index >= 15 is 0 Å². The van der Waals surface area contributed by atoms with E-state index in [9.17, 15) is 24.5 Å². The van der Waals surface area contributed by atoms with E-state index in [-0.39, 0.29) is 35.7 Å². The Bertz CT molecular complexity index is 871. The molecule has 0 radical (unpaired) electrons. The van der Waals surface area contributed by atoms with Gasteiger partial charge < -0.3 is 19.1 Å². The number of carbonyl (C=O) groups excluding carboxylic acids is 3. The Morgan fingerprint density at radius 2 is 1.57 bits per heavy atom. The van der Waals surface area contributed by atoms with Crippen LogP contribution in [0, 0.1) is 10.1 Å². The molecular formula is C20H26N2O8. The molecule has 0 N–H and O–H groups in total. The van der Waals surface area contributed by atoms with Gasteiger partial charge in [-0.3, -0.25) is 19.7 Å². The Balaban J connectivity index is 2.26. The van der Waals surface area contributed by atoms with Gasteiger partial charge in [-0.15, -0.1) is 0 Å². The largest absolute Gasteiger partial charge is 0.493 e. The van der Waals surface area contributed by atoms with Gasteiger partial charge in [-0.05, 0) is 27.7 Å². The van der Waals surface area contributed by atoms with Gasteiger partial charge in [0.2, 0.25) is 0 Å². The third-order valence-electron chi connectivity index (χ3n) is 4.96. The molecule has 0 bridgehead atoms. The van der Waals surface area contributed by atoms with Gasteiger partial charge in [0.1, 0.15) is 11.3 Å². The Labute approximate surface area is 174 Å². The number of amides is 1. The fraction of sp³-hybridized carbons (Fsp3) is 0.550. The summed E-state index contributed by atoms with van der Waals surface area (Å²) >= 11 is 0. The lowest BCUT2D eigenvalue weighted by Crippen LogP contribution is -2.63. The van der Waals surface area contributed by atoms with Gasteiger partial charge in [-0.2, -0.15) is 0 Å². The Hall–Kier alpha value is -3.17. The van der Waals surface area contributed by atoms with Crippen molar-refractivity contribution in [2.24, 2.45) is 0 Å². The van der Waals surface area contributed by atoms with Crippen LogP contribution in [0.3, 0.4) is 0 Å². The fourth-order valence-electron chi connectivity index (χ4n) is 4.13. The number of nitro benzene ring substituents is 1. The molecule has 1 fully saturated rings. The van der Waals surface area contributed by atoms with E-state index in [4.69, 9.17) is 14.2 Å². The predicted molar refractivity (Wildman–Crippen MR) is 106 cm³/mol. The lowest BCUT2D eigenvalue weighted by molar-refractivity contribution is -0.385. The van der Waals surface area contributed by atoms with Crippen LogP contribution < -0.4 is 9.47 Å². The first-order chi connectivity index (χ1) is 13.8. The quantitative estimate of drug-likeness (QED) is 0.389. The molecule has 1 aliphatic rings. The second kappa shape index (κ2) is 8.29. The zero-order valence-corrected chi connectivity index (χ0v) is 17.9. The van der Waals surface area contributed by atoms with Gasteiger partial charge in [-0.1, -0.05) is 0 Å². The molecule has 0 aromatic heterocycles. The van der Waals surface area contributed by atoms with E-state index in [1.807, 2.05) is 0 Å². The summed E-state index contributed by atoms with van der Waals surface area (Å²) in [7, 11) is 2.63. The van der Waals surface area contributed by atoms with E-state index < -0.39 is 40.2 Å². The maximum absolute atomic E-state index is 12.9. The summed E-state index contributed by atoms with van der Waals surface area (Å²) in [5, 5.41) is 11.4. The number of carbonyl (C=O) groups is 3. The molecule has 1 heterocycles. The summed E-state index contributed by atoms with van der Waals surface area (Å²) in [4.78, 5) is 49.6. The lowest BCUT2D eigenvalue weighted by Gasteiger charge is -2.51. The molecule has 164 valence electrons. The van der Waals surface area contributed by atoms with Crippen LogP contribution in [-0.4, -0.2) is 59.4 Å². The number of methoxy groups -OCH3 is 2. The number of rotatable bonds is 6. The van der Waals surface area contributed by atoms with Crippen molar-refractivity contribution < 1.29 is 33.5 Å². The highest BCUT2D eigenvalue weighted by Crippen LogP contribution is 2.37. The smallest absolute Gasteiger partial charge is 0.345 e. The number of likely N-dealkylation sites (tertiary alicyclic amines) is 1. The van der Waals surface area contributed by atoms with Gasteiger partial charge in [0.15, 0.2) is 18.1 Å². The van der Waals surface area contributed by atoms with Crippen molar-refractivity contribution in [2.45, 2.75) is 51.6 Å². The van der Waals surface area contributed by atoms with Gasteiger partial charge in [0, 0.05) is 30.0 Å². The van der Waals surface area contributed by atoms with Crippen LogP contribution >= 0.6 is 0 Å². The van der Waals surface area contributed by atoms with Crippen LogP contribution in [0.1, 0.15) is 50.9 Å². The summed E-state index contributed by atoms with van der Waals surface area (Å²) in [6.45, 7) is 6.45. The molecular weight excluding hydrogens is 396 g/mol. The molecule has 1 amide bonds. The van der Waals surface area contributed by atoms with Crippen molar-refractivity contribution in [3.63, 3.8) is 0 Å². The number of nitrogens with zero attached hydrogens (tertiary/aromatic N) is 2. The SMILES string of the molecule is COc1cc(C(=O)OCC(=O)N2C(C)(C)CC(=O)CC2(C)C)c([N+](=O)[O-])cc1OC. The zero-order valence-electron chi connectivity index (χ0n) is 17.9. The van der Waals surface area contributed by atoms with Gasteiger partial charge in [-0.25, -0.2) is 4.79 Å². The third-order valence-corrected chi connectivity index (χ3v) is 4.96. The average Bonchev–Trinajstić information content (AvgIpc) is 2.62. The molecule has 0 saturated carbocycles. The van der Waals surface area contributed by atoms with Crippen molar-refractivity contribution in [1.29, 1.82) is 0 Å². The number of piperidine rings is 1. The molecule has 0 unspecified atom stereocenters. The van der Waals surface area contributed by atoms with Crippen LogP contribution in [0.2, 0.25) is 0 Å². The maximum Gasteiger partial charge on any atom is 0.345 e. The first kappa shape index (κ1) is 23.1. The van der Waals surface area contributed by atoms with E-state index in [1.165, 1.54) is 19.1 Å². The number of ether oxygens (including phenoxy) is 3. The molecule has 30 heavy (non-hydrogen) atoms. The molecule has 1 aromatic rings. The van der Waals surface area contributed by atoms with Crippen LogP contribution in [-0.2, 0) is 14.3 Å². The molecule has 10 nitrogen and oxygen atoms in total. The highest BCUT2D eigenvalue weighted by Gasteiger charge is 2.47. The van der Waals surface area contributed by atoms with Crippen LogP contribution in [0.4, 0.5) is 5.69 Å². The second-order valence-electron chi connectivity index (χ2n) is 8.30. The first-order valence-electron chi connectivity index (χ1n) is 9.26. The maximum atomic E-state index is 12.9. The van der Waals surface area contributed by atoms with Crippen LogP contribution in [0.15, 0.2) is 12.1 Å². The third kappa shape index (κ3) is 4.52. The number of esters is 1. The number of hydrogen-bond acceptors (Lipinski definition) is 8.